The highest BCUT2D eigenvalue weighted by Gasteiger charge is 2.25. The van der Waals surface area contributed by atoms with Crippen molar-refractivity contribution in [3.05, 3.63) is 35.8 Å². The highest BCUT2D eigenvalue weighted by molar-refractivity contribution is 7.85. The van der Waals surface area contributed by atoms with Gasteiger partial charge in [-0.2, -0.15) is 8.42 Å². The molecule has 3 aromatic rings. The summed E-state index contributed by atoms with van der Waals surface area (Å²) in [5, 5.41) is 1.31. The van der Waals surface area contributed by atoms with E-state index in [1.165, 1.54) is 33.7 Å². The van der Waals surface area contributed by atoms with Crippen molar-refractivity contribution in [2.24, 2.45) is 7.05 Å². The van der Waals surface area contributed by atoms with Crippen LogP contribution in [0, 0.1) is 0 Å². The van der Waals surface area contributed by atoms with Crippen LogP contribution in [-0.2, 0) is 36.6 Å². The van der Waals surface area contributed by atoms with E-state index in [2.05, 4.69) is 40.2 Å². The molecule has 1 N–H and O–H groups in total. The van der Waals surface area contributed by atoms with Gasteiger partial charge in [-0.05, 0) is 36.6 Å². The topological polar surface area (TPSA) is 86.4 Å². The monoisotopic (exact) mass is 391 g/mol. The molecule has 1 aliphatic heterocycles. The van der Waals surface area contributed by atoms with Crippen molar-refractivity contribution in [3.63, 3.8) is 0 Å². The van der Waals surface area contributed by atoms with Crippen LogP contribution >= 0.6 is 0 Å². The Bertz CT molecular complexity index is 1070. The third-order valence-corrected chi connectivity index (χ3v) is 4.75. The average Bonchev–Trinajstić information content (AvgIpc) is 3.13. The third kappa shape index (κ3) is 3.86. The Morgan fingerprint density at radius 1 is 1.33 bits per heavy atom. The molecule has 1 aromatic carbocycles. The first-order valence-corrected chi connectivity index (χ1v) is 10.7. The minimum absolute atomic E-state index is 0.715. The van der Waals surface area contributed by atoms with E-state index in [0.29, 0.717) is 6.26 Å². The molecule has 0 unspecified atom stereocenters. The molecule has 7 nitrogen and oxygen atoms in total. The zero-order valence-electron chi connectivity index (χ0n) is 16.1. The summed E-state index contributed by atoms with van der Waals surface area (Å²) >= 11 is 0. The molecule has 0 saturated carbocycles. The first-order valence-electron chi connectivity index (χ1n) is 8.87. The summed E-state index contributed by atoms with van der Waals surface area (Å²) in [6, 6.07) is 6.35. The van der Waals surface area contributed by atoms with Crippen molar-refractivity contribution in [1.29, 1.82) is 0 Å². The molecule has 0 atom stereocenters. The summed E-state index contributed by atoms with van der Waals surface area (Å²) in [4.78, 5) is 4.66. The molecule has 2 aromatic heterocycles. The lowest BCUT2D eigenvalue weighted by molar-refractivity contribution is 0.415. The van der Waals surface area contributed by atoms with Gasteiger partial charge in [0, 0.05) is 30.9 Å². The van der Waals surface area contributed by atoms with E-state index in [1.54, 1.807) is 7.11 Å². The van der Waals surface area contributed by atoms with Gasteiger partial charge < -0.3 is 13.9 Å². The van der Waals surface area contributed by atoms with Crippen molar-refractivity contribution in [2.45, 2.75) is 32.7 Å². The molecule has 0 radical (unpaired) electrons. The molecule has 8 heteroatoms. The number of imidazole rings is 1. The fraction of sp³-hybridized carbons (Fsp3) is 0.421. The second-order valence-corrected chi connectivity index (χ2v) is 8.18. The van der Waals surface area contributed by atoms with Gasteiger partial charge in [0.25, 0.3) is 10.1 Å². The maximum atomic E-state index is 9.19. The number of fused-ring (bicyclic) bond motifs is 5. The van der Waals surface area contributed by atoms with Crippen LogP contribution in [0.2, 0.25) is 0 Å². The van der Waals surface area contributed by atoms with E-state index >= 15 is 0 Å². The van der Waals surface area contributed by atoms with Crippen LogP contribution < -0.4 is 4.74 Å². The fourth-order valence-corrected chi connectivity index (χ4v) is 3.71. The standard InChI is InChI=1S/C18H21N3O.CH4O3S/c1-4-5-17-19-11-16-18-13(8-9-21(16)17)14-10-12(22-3)6-7-15(14)20(18)2;1-5(2,3)4/h6-7,10-11H,4-5,8-9H2,1-3H3;1H3,(H,2,3,4). The van der Waals surface area contributed by atoms with E-state index in [1.807, 2.05) is 12.3 Å². The Labute approximate surface area is 159 Å². The van der Waals surface area contributed by atoms with E-state index < -0.39 is 10.1 Å². The van der Waals surface area contributed by atoms with Crippen LogP contribution in [0.15, 0.2) is 24.4 Å². The molecule has 146 valence electrons. The van der Waals surface area contributed by atoms with Crippen molar-refractivity contribution in [1.82, 2.24) is 14.1 Å². The summed E-state index contributed by atoms with van der Waals surface area (Å²) in [5.74, 6) is 2.14. The third-order valence-electron chi connectivity index (χ3n) is 4.75. The molecule has 0 saturated heterocycles. The highest BCUT2D eigenvalue weighted by Crippen LogP contribution is 2.38. The quantitative estimate of drug-likeness (QED) is 0.694. The predicted octanol–water partition coefficient (Wildman–Crippen LogP) is 3.06. The van der Waals surface area contributed by atoms with Crippen LogP contribution in [0.4, 0.5) is 0 Å². The first-order chi connectivity index (χ1) is 12.7. The van der Waals surface area contributed by atoms with Gasteiger partial charge in [0.1, 0.15) is 11.6 Å². The molecule has 27 heavy (non-hydrogen) atoms. The molecular formula is C19H25N3O4S. The number of hydrogen-bond acceptors (Lipinski definition) is 4. The second-order valence-electron chi connectivity index (χ2n) is 6.71. The molecule has 0 aliphatic carbocycles. The van der Waals surface area contributed by atoms with Crippen molar-refractivity contribution >= 4 is 21.0 Å². The molecule has 0 amide bonds. The Balaban J connectivity index is 0.000000376. The van der Waals surface area contributed by atoms with E-state index in [-0.39, 0.29) is 0 Å². The second kappa shape index (κ2) is 7.36. The van der Waals surface area contributed by atoms with Crippen LogP contribution in [0.1, 0.15) is 24.7 Å². The minimum atomic E-state index is -3.67. The predicted molar refractivity (Wildman–Crippen MR) is 106 cm³/mol. The number of aryl methyl sites for hydroxylation is 3. The van der Waals surface area contributed by atoms with E-state index in [0.717, 1.165) is 31.6 Å². The number of benzene rings is 1. The summed E-state index contributed by atoms with van der Waals surface area (Å²) in [6.07, 6.45) is 5.99. The molecule has 0 fully saturated rings. The number of ether oxygens (including phenoxy) is 1. The van der Waals surface area contributed by atoms with Crippen molar-refractivity contribution in [2.75, 3.05) is 13.4 Å². The van der Waals surface area contributed by atoms with Crippen LogP contribution in [0.5, 0.6) is 5.75 Å². The summed E-state index contributed by atoms with van der Waals surface area (Å²) in [6.45, 7) is 3.23. The smallest absolute Gasteiger partial charge is 0.261 e. The minimum Gasteiger partial charge on any atom is -0.497 e. The molecule has 1 aliphatic rings. The average molecular weight is 391 g/mol. The van der Waals surface area contributed by atoms with Gasteiger partial charge in [-0.1, -0.05) is 6.92 Å². The molecule has 4 rings (SSSR count). The lowest BCUT2D eigenvalue weighted by Crippen LogP contribution is -2.14. The maximum absolute atomic E-state index is 9.19. The van der Waals surface area contributed by atoms with E-state index in [9.17, 15) is 8.42 Å². The van der Waals surface area contributed by atoms with Crippen LogP contribution in [0.3, 0.4) is 0 Å². The Hall–Kier alpha value is -2.32. The maximum Gasteiger partial charge on any atom is 0.261 e. The van der Waals surface area contributed by atoms with E-state index in [4.69, 9.17) is 9.29 Å². The van der Waals surface area contributed by atoms with Crippen LogP contribution in [-0.4, -0.2) is 40.5 Å². The Morgan fingerprint density at radius 2 is 2.04 bits per heavy atom. The largest absolute Gasteiger partial charge is 0.497 e. The zero-order valence-corrected chi connectivity index (χ0v) is 16.9. The van der Waals surface area contributed by atoms with Crippen molar-refractivity contribution < 1.29 is 17.7 Å². The summed E-state index contributed by atoms with van der Waals surface area (Å²) in [7, 11) is 0.207. The molecule has 3 heterocycles. The molecular weight excluding hydrogens is 366 g/mol. The summed E-state index contributed by atoms with van der Waals surface area (Å²) < 4.78 is 36.0. The number of methoxy groups -OCH3 is 1. The molecule has 0 bridgehead atoms. The van der Waals surface area contributed by atoms with Gasteiger partial charge in [0.15, 0.2) is 0 Å². The lowest BCUT2D eigenvalue weighted by atomic mass is 10.0. The summed E-state index contributed by atoms with van der Waals surface area (Å²) in [5.41, 5.74) is 5.25. The zero-order chi connectivity index (χ0) is 19.8. The fourth-order valence-electron chi connectivity index (χ4n) is 3.71. The van der Waals surface area contributed by atoms with Crippen LogP contribution in [0.25, 0.3) is 22.3 Å². The SMILES string of the molecule is CCCc1ncc2n1CCc1c-2n(C)c2ccc(OC)cc12.CS(=O)(=O)O. The normalized spacial score (nSPS) is 12.9. The number of rotatable bonds is 3. The van der Waals surface area contributed by atoms with Gasteiger partial charge >= 0.3 is 0 Å². The van der Waals surface area contributed by atoms with Gasteiger partial charge in [-0.15, -0.1) is 0 Å². The number of hydrogen-bond donors (Lipinski definition) is 1. The van der Waals surface area contributed by atoms with Gasteiger partial charge in [-0.25, -0.2) is 4.98 Å². The van der Waals surface area contributed by atoms with Crippen molar-refractivity contribution in [3.8, 4) is 17.1 Å². The first kappa shape index (κ1) is 19.4. The van der Waals surface area contributed by atoms with Gasteiger partial charge in [0.05, 0.1) is 31.0 Å². The van der Waals surface area contributed by atoms with Gasteiger partial charge in [0.2, 0.25) is 0 Å². The lowest BCUT2D eigenvalue weighted by Gasteiger charge is -2.19. The number of aromatic nitrogens is 3. The van der Waals surface area contributed by atoms with Gasteiger partial charge in [-0.3, -0.25) is 4.55 Å². The highest BCUT2D eigenvalue weighted by atomic mass is 32.2. The Morgan fingerprint density at radius 3 is 2.67 bits per heavy atom. The Kier molecular flexibility index (Phi) is 5.30. The number of nitrogens with zero attached hydrogens (tertiary/aromatic N) is 3. The molecule has 0 spiro atoms.